The van der Waals surface area contributed by atoms with Crippen LogP contribution in [0.3, 0.4) is 0 Å². The number of carbonyl (C=O) groups is 1. The highest BCUT2D eigenvalue weighted by Gasteiger charge is 2.41. The standard InChI is InChI=1S/C42H59NO4/c1-5-6-7-8-9-10-11-12-13-14-15-16-17-27-34-41(45,43-39(44)47-40(2,3)4)35-46-42(36-28-21-18-22-29-36,37-30-23-19-24-31-37)38-32-25-20-26-33-38/h17-33,45H,5-16,34-35H2,1-4H3,(H,43,44)/b27-17+/t41-/m0/s1. The molecule has 0 aliphatic carbocycles. The lowest BCUT2D eigenvalue weighted by Gasteiger charge is -2.39. The van der Waals surface area contributed by atoms with Gasteiger partial charge in [-0.05, 0) is 50.3 Å². The van der Waals surface area contributed by atoms with Gasteiger partial charge in [0, 0.05) is 6.42 Å². The number of allylic oxidation sites excluding steroid dienone is 1. The Morgan fingerprint density at radius 1 is 0.660 bits per heavy atom. The monoisotopic (exact) mass is 641 g/mol. The molecule has 1 atom stereocenters. The van der Waals surface area contributed by atoms with Crippen LogP contribution in [0.25, 0.3) is 0 Å². The average Bonchev–Trinajstić information content (AvgIpc) is 3.06. The van der Waals surface area contributed by atoms with Gasteiger partial charge >= 0.3 is 6.09 Å². The predicted molar refractivity (Wildman–Crippen MR) is 194 cm³/mol. The number of nitrogens with one attached hydrogen (secondary N) is 1. The molecule has 5 nitrogen and oxygen atoms in total. The fraction of sp³-hybridized carbons (Fsp3) is 0.500. The van der Waals surface area contributed by atoms with E-state index in [0.29, 0.717) is 0 Å². The van der Waals surface area contributed by atoms with E-state index >= 15 is 0 Å². The summed E-state index contributed by atoms with van der Waals surface area (Å²) in [4.78, 5) is 13.0. The maximum atomic E-state index is 13.0. The van der Waals surface area contributed by atoms with Crippen molar-refractivity contribution in [3.8, 4) is 0 Å². The normalized spacial score (nSPS) is 13.4. The third-order valence-corrected chi connectivity index (χ3v) is 8.40. The molecule has 2 N–H and O–H groups in total. The highest BCUT2D eigenvalue weighted by Crippen LogP contribution is 2.41. The van der Waals surface area contributed by atoms with Crippen LogP contribution < -0.4 is 5.32 Å². The zero-order chi connectivity index (χ0) is 33.9. The molecular formula is C42H59NO4. The molecule has 0 aliphatic rings. The summed E-state index contributed by atoms with van der Waals surface area (Å²) in [6.07, 6.45) is 18.9. The van der Waals surface area contributed by atoms with Gasteiger partial charge in [0.25, 0.3) is 0 Å². The van der Waals surface area contributed by atoms with Crippen LogP contribution in [0.4, 0.5) is 4.79 Å². The average molecular weight is 642 g/mol. The molecule has 47 heavy (non-hydrogen) atoms. The van der Waals surface area contributed by atoms with E-state index < -0.39 is 23.0 Å². The van der Waals surface area contributed by atoms with Gasteiger partial charge in [-0.15, -0.1) is 0 Å². The molecule has 0 saturated carbocycles. The Balaban J connectivity index is 1.71. The molecule has 1 amide bonds. The predicted octanol–water partition coefficient (Wildman–Crippen LogP) is 10.9. The summed E-state index contributed by atoms with van der Waals surface area (Å²) in [6, 6.07) is 30.1. The fourth-order valence-electron chi connectivity index (χ4n) is 5.96. The lowest BCUT2D eigenvalue weighted by molar-refractivity contribution is -0.107. The second-order valence-electron chi connectivity index (χ2n) is 13.7. The number of aliphatic hydroxyl groups is 1. The third kappa shape index (κ3) is 13.3. The molecule has 3 aromatic carbocycles. The van der Waals surface area contributed by atoms with E-state index in [0.717, 1.165) is 29.5 Å². The first-order chi connectivity index (χ1) is 22.7. The summed E-state index contributed by atoms with van der Waals surface area (Å²) in [5.41, 5.74) is -0.692. The Morgan fingerprint density at radius 2 is 1.09 bits per heavy atom. The number of ether oxygens (including phenoxy) is 2. The van der Waals surface area contributed by atoms with Crippen LogP contribution in [0.5, 0.6) is 0 Å². The van der Waals surface area contributed by atoms with Crippen molar-refractivity contribution in [2.24, 2.45) is 0 Å². The molecule has 0 spiro atoms. The van der Waals surface area contributed by atoms with Gasteiger partial charge in [-0.2, -0.15) is 0 Å². The summed E-state index contributed by atoms with van der Waals surface area (Å²) in [6.45, 7) is 7.51. The number of alkyl carbamates (subject to hydrolysis) is 1. The van der Waals surface area contributed by atoms with E-state index in [1.807, 2.05) is 97.1 Å². The van der Waals surface area contributed by atoms with Crippen LogP contribution >= 0.6 is 0 Å². The van der Waals surface area contributed by atoms with Crippen molar-refractivity contribution in [1.82, 2.24) is 5.32 Å². The highest BCUT2D eigenvalue weighted by atomic mass is 16.6. The Hall–Kier alpha value is -3.41. The zero-order valence-electron chi connectivity index (χ0n) is 29.4. The Labute approximate surface area is 284 Å². The maximum Gasteiger partial charge on any atom is 0.409 e. The van der Waals surface area contributed by atoms with Gasteiger partial charge in [0.15, 0.2) is 5.72 Å². The Bertz CT molecular complexity index is 1190. The van der Waals surface area contributed by atoms with Gasteiger partial charge in [-0.3, -0.25) is 5.32 Å². The van der Waals surface area contributed by atoms with Crippen molar-refractivity contribution in [3.63, 3.8) is 0 Å². The summed E-state index contributed by atoms with van der Waals surface area (Å²) in [7, 11) is 0. The van der Waals surface area contributed by atoms with Crippen molar-refractivity contribution in [1.29, 1.82) is 0 Å². The minimum atomic E-state index is -1.71. The topological polar surface area (TPSA) is 67.8 Å². The largest absolute Gasteiger partial charge is 0.444 e. The zero-order valence-corrected chi connectivity index (χ0v) is 29.4. The number of unbranched alkanes of at least 4 members (excludes halogenated alkanes) is 11. The molecule has 3 rings (SSSR count). The second-order valence-corrected chi connectivity index (χ2v) is 13.7. The quantitative estimate of drug-likeness (QED) is 0.0526. The SMILES string of the molecule is CCCCCCCCCCCCC/C=C/C[C@](O)(COC(c1ccccc1)(c1ccccc1)c1ccccc1)NC(=O)OC(C)(C)C. The molecule has 3 aromatic rings. The summed E-state index contributed by atoms with van der Waals surface area (Å²) >= 11 is 0. The lowest BCUT2D eigenvalue weighted by Crippen LogP contribution is -2.54. The third-order valence-electron chi connectivity index (χ3n) is 8.40. The van der Waals surface area contributed by atoms with Crippen molar-refractivity contribution in [3.05, 3.63) is 120 Å². The molecule has 0 radical (unpaired) electrons. The van der Waals surface area contributed by atoms with E-state index in [1.54, 1.807) is 20.8 Å². The van der Waals surface area contributed by atoms with Gasteiger partial charge in [-0.1, -0.05) is 174 Å². The molecule has 5 heteroatoms. The van der Waals surface area contributed by atoms with Crippen LogP contribution in [0.15, 0.2) is 103 Å². The number of benzene rings is 3. The van der Waals surface area contributed by atoms with E-state index in [9.17, 15) is 9.90 Å². The first kappa shape index (κ1) is 38.0. The summed E-state index contributed by atoms with van der Waals surface area (Å²) in [5.74, 6) is 0. The van der Waals surface area contributed by atoms with Crippen molar-refractivity contribution >= 4 is 6.09 Å². The number of amides is 1. The molecule has 0 unspecified atom stereocenters. The molecule has 0 aromatic heterocycles. The van der Waals surface area contributed by atoms with Crippen LogP contribution in [0.2, 0.25) is 0 Å². The summed E-state index contributed by atoms with van der Waals surface area (Å²) < 4.78 is 12.5. The Kier molecular flexibility index (Phi) is 16.2. The van der Waals surface area contributed by atoms with Gasteiger partial charge in [-0.25, -0.2) is 4.79 Å². The smallest absolute Gasteiger partial charge is 0.409 e. The van der Waals surface area contributed by atoms with Crippen LogP contribution in [0, 0.1) is 0 Å². The second kappa shape index (κ2) is 20.1. The van der Waals surface area contributed by atoms with Gasteiger partial charge < -0.3 is 14.6 Å². The van der Waals surface area contributed by atoms with E-state index in [2.05, 4.69) is 18.3 Å². The van der Waals surface area contributed by atoms with Gasteiger partial charge in [0.05, 0.1) is 6.61 Å². The van der Waals surface area contributed by atoms with E-state index in [4.69, 9.17) is 9.47 Å². The highest BCUT2D eigenvalue weighted by molar-refractivity contribution is 5.68. The van der Waals surface area contributed by atoms with Gasteiger partial charge in [0.1, 0.15) is 11.2 Å². The van der Waals surface area contributed by atoms with Gasteiger partial charge in [0.2, 0.25) is 0 Å². The molecule has 256 valence electrons. The molecular weight excluding hydrogens is 582 g/mol. The minimum Gasteiger partial charge on any atom is -0.444 e. The molecule has 0 fully saturated rings. The van der Waals surface area contributed by atoms with Crippen LogP contribution in [-0.2, 0) is 15.1 Å². The summed E-state index contributed by atoms with van der Waals surface area (Å²) in [5, 5.41) is 14.7. The van der Waals surface area contributed by atoms with E-state index in [-0.39, 0.29) is 13.0 Å². The molecule has 0 saturated heterocycles. The molecule has 0 bridgehead atoms. The number of carbonyl (C=O) groups excluding carboxylic acids is 1. The van der Waals surface area contributed by atoms with Crippen LogP contribution in [0.1, 0.15) is 128 Å². The number of hydrogen-bond donors (Lipinski definition) is 2. The van der Waals surface area contributed by atoms with Crippen molar-refractivity contribution in [2.75, 3.05) is 6.61 Å². The molecule has 0 heterocycles. The van der Waals surface area contributed by atoms with Crippen molar-refractivity contribution < 1.29 is 19.4 Å². The maximum absolute atomic E-state index is 13.0. The van der Waals surface area contributed by atoms with Crippen LogP contribution in [-0.4, -0.2) is 29.1 Å². The number of rotatable bonds is 21. The Morgan fingerprint density at radius 3 is 1.51 bits per heavy atom. The first-order valence-electron chi connectivity index (χ1n) is 17.9. The molecule has 0 aliphatic heterocycles. The lowest BCUT2D eigenvalue weighted by atomic mass is 9.80. The van der Waals surface area contributed by atoms with Crippen molar-refractivity contribution in [2.45, 2.75) is 128 Å². The minimum absolute atomic E-state index is 0.173. The fourth-order valence-corrected chi connectivity index (χ4v) is 5.96. The van der Waals surface area contributed by atoms with E-state index in [1.165, 1.54) is 64.2 Å². The first-order valence-corrected chi connectivity index (χ1v) is 17.9. The number of hydrogen-bond acceptors (Lipinski definition) is 4.